The van der Waals surface area contributed by atoms with Crippen LogP contribution in [0, 0.1) is 6.92 Å². The molecule has 1 aromatic carbocycles. The molecule has 0 unspecified atom stereocenters. The Bertz CT molecular complexity index is 1510. The lowest BCUT2D eigenvalue weighted by Crippen LogP contribution is -2.17. The molecule has 2 N–H and O–H groups in total. The lowest BCUT2D eigenvalue weighted by molar-refractivity contribution is 0.404. The minimum absolute atomic E-state index is 0.0187. The highest BCUT2D eigenvalue weighted by atomic mass is 32.2. The molecule has 0 aliphatic carbocycles. The number of rotatable bonds is 8. The third-order valence-electron chi connectivity index (χ3n) is 5.51. The van der Waals surface area contributed by atoms with E-state index in [9.17, 15) is 8.42 Å². The Morgan fingerprint density at radius 1 is 1.26 bits per heavy atom. The van der Waals surface area contributed by atoms with Gasteiger partial charge in [-0.1, -0.05) is 12.1 Å². The van der Waals surface area contributed by atoms with E-state index < -0.39 is 10.0 Å². The summed E-state index contributed by atoms with van der Waals surface area (Å²) in [5.41, 5.74) is 4.09. The van der Waals surface area contributed by atoms with Gasteiger partial charge in [0.05, 0.1) is 17.5 Å². The van der Waals surface area contributed by atoms with Gasteiger partial charge in [-0.3, -0.25) is 10.1 Å². The Kier molecular flexibility index (Phi) is 6.90. The summed E-state index contributed by atoms with van der Waals surface area (Å²) in [5, 5.41) is 15.8. The fraction of sp³-hybridized carbons (Fsp3) is 0.292. The highest BCUT2D eigenvalue weighted by Gasteiger charge is 2.18. The molecule has 184 valence electrons. The molecule has 0 spiro atoms. The second-order valence-electron chi connectivity index (χ2n) is 8.48. The second kappa shape index (κ2) is 9.88. The summed E-state index contributed by atoms with van der Waals surface area (Å²) < 4.78 is 28.6. The molecule has 0 atom stereocenters. The van der Waals surface area contributed by atoms with Crippen molar-refractivity contribution in [2.24, 2.45) is 10.1 Å². The van der Waals surface area contributed by atoms with E-state index in [0.29, 0.717) is 23.7 Å². The zero-order valence-corrected chi connectivity index (χ0v) is 21.3. The number of H-pyrrole nitrogens is 1. The first-order valence-corrected chi connectivity index (χ1v) is 12.8. The van der Waals surface area contributed by atoms with E-state index in [-0.39, 0.29) is 5.75 Å². The Labute approximate surface area is 205 Å². The van der Waals surface area contributed by atoms with Crippen LogP contribution in [-0.2, 0) is 16.6 Å². The van der Waals surface area contributed by atoms with Gasteiger partial charge in [-0.05, 0) is 57.3 Å². The zero-order chi connectivity index (χ0) is 25.2. The lowest BCUT2D eigenvalue weighted by atomic mass is 10.1. The highest BCUT2D eigenvalue weighted by molar-refractivity contribution is 7.90. The number of amidine groups is 1. The number of aromatic amines is 1. The lowest BCUT2D eigenvalue weighted by Gasteiger charge is -2.08. The average molecular weight is 495 g/mol. The van der Waals surface area contributed by atoms with Gasteiger partial charge < -0.3 is 10.2 Å². The summed E-state index contributed by atoms with van der Waals surface area (Å²) in [7, 11) is 2.17. The van der Waals surface area contributed by atoms with Crippen LogP contribution in [0.4, 0.5) is 5.82 Å². The summed E-state index contributed by atoms with van der Waals surface area (Å²) in [6.45, 7) is 4.22. The number of nitrogens with one attached hydrogen (secondary N) is 2. The van der Waals surface area contributed by atoms with Crippen LogP contribution >= 0.6 is 0 Å². The number of aliphatic imine (C=N–C) groups is 1. The third-order valence-corrected chi connectivity index (χ3v) is 7.14. The molecule has 4 aromatic rings. The molecular formula is C24H30N8O2S. The van der Waals surface area contributed by atoms with Crippen molar-refractivity contribution in [1.82, 2.24) is 23.7 Å². The zero-order valence-electron chi connectivity index (χ0n) is 20.5. The van der Waals surface area contributed by atoms with Gasteiger partial charge in [-0.15, -0.1) is 0 Å². The maximum Gasteiger partial charge on any atom is 0.238 e. The van der Waals surface area contributed by atoms with Gasteiger partial charge in [0.15, 0.2) is 11.7 Å². The van der Waals surface area contributed by atoms with E-state index in [2.05, 4.69) is 25.6 Å². The highest BCUT2D eigenvalue weighted by Crippen LogP contribution is 2.25. The number of anilines is 1. The van der Waals surface area contributed by atoms with Gasteiger partial charge in [0.1, 0.15) is 5.69 Å². The second-order valence-corrected chi connectivity index (χ2v) is 10.6. The number of benzene rings is 1. The van der Waals surface area contributed by atoms with E-state index >= 15 is 0 Å². The van der Waals surface area contributed by atoms with Crippen LogP contribution < -0.4 is 5.32 Å². The quantitative estimate of drug-likeness (QED) is 0.289. The van der Waals surface area contributed by atoms with E-state index in [0.717, 1.165) is 27.9 Å². The molecule has 0 amide bonds. The van der Waals surface area contributed by atoms with Crippen molar-refractivity contribution in [2.75, 3.05) is 32.2 Å². The molecule has 3 aromatic heterocycles. The topological polar surface area (TPSA) is 113 Å². The van der Waals surface area contributed by atoms with Gasteiger partial charge in [0.25, 0.3) is 0 Å². The molecule has 10 nitrogen and oxygen atoms in total. The number of hydrogen-bond donors (Lipinski definition) is 2. The fourth-order valence-electron chi connectivity index (χ4n) is 3.83. The SMILES string of the molecule is CCS(=O)(=O)n1cc(CN(C)C)c2ccc(/C=N/n3cccc3C(=NC)Nc3cc(C)[nH]n3)cc21. The van der Waals surface area contributed by atoms with Gasteiger partial charge >= 0.3 is 0 Å². The van der Waals surface area contributed by atoms with Crippen LogP contribution in [0.25, 0.3) is 10.9 Å². The molecule has 0 aliphatic rings. The van der Waals surface area contributed by atoms with Gasteiger partial charge in [-0.25, -0.2) is 17.1 Å². The molecule has 35 heavy (non-hydrogen) atoms. The molecule has 0 bridgehead atoms. The van der Waals surface area contributed by atoms with E-state index in [1.807, 2.05) is 68.5 Å². The maximum atomic E-state index is 12.8. The first-order valence-electron chi connectivity index (χ1n) is 11.2. The van der Waals surface area contributed by atoms with Crippen molar-refractivity contribution in [3.8, 4) is 0 Å². The normalized spacial score (nSPS) is 12.9. The molecule has 0 radical (unpaired) electrons. The first kappa shape index (κ1) is 24.4. The van der Waals surface area contributed by atoms with Crippen molar-refractivity contribution >= 4 is 38.8 Å². The molecular weight excluding hydrogens is 464 g/mol. The van der Waals surface area contributed by atoms with Crippen LogP contribution in [0.15, 0.2) is 58.9 Å². The Morgan fingerprint density at radius 3 is 2.71 bits per heavy atom. The Hall–Kier alpha value is -3.70. The molecule has 0 saturated heterocycles. The summed E-state index contributed by atoms with van der Waals surface area (Å²) in [4.78, 5) is 6.37. The van der Waals surface area contributed by atoms with Crippen LogP contribution in [0.3, 0.4) is 0 Å². The summed E-state index contributed by atoms with van der Waals surface area (Å²) in [6, 6.07) is 11.4. The molecule has 3 heterocycles. The number of aromatic nitrogens is 4. The summed E-state index contributed by atoms with van der Waals surface area (Å²) in [5.74, 6) is 1.30. The smallest absolute Gasteiger partial charge is 0.238 e. The number of fused-ring (bicyclic) bond motifs is 1. The number of nitrogens with zero attached hydrogens (tertiary/aromatic N) is 6. The molecule has 0 fully saturated rings. The van der Waals surface area contributed by atoms with Crippen molar-refractivity contribution in [1.29, 1.82) is 0 Å². The number of aryl methyl sites for hydroxylation is 1. The largest absolute Gasteiger partial charge is 0.322 e. The Balaban J connectivity index is 1.68. The molecule has 0 saturated carbocycles. The fourth-order valence-corrected chi connectivity index (χ4v) is 4.84. The minimum atomic E-state index is -3.45. The van der Waals surface area contributed by atoms with Crippen molar-refractivity contribution < 1.29 is 8.42 Å². The molecule has 0 aliphatic heterocycles. The standard InChI is InChI=1S/C24H30N8O2S/c1-6-35(33,34)32-16-19(15-30(4)5)20-10-9-18(13-22(20)32)14-26-31-11-7-8-21(31)24(25-3)27-23-12-17(2)28-29-23/h7-14,16H,6,15H2,1-5H3,(H2,25,27,28,29)/b26-14+. The van der Waals surface area contributed by atoms with Crippen molar-refractivity contribution in [2.45, 2.75) is 20.4 Å². The van der Waals surface area contributed by atoms with Crippen molar-refractivity contribution in [3.63, 3.8) is 0 Å². The summed E-state index contributed by atoms with van der Waals surface area (Å²) >= 11 is 0. The Morgan fingerprint density at radius 2 is 2.06 bits per heavy atom. The monoisotopic (exact) mass is 494 g/mol. The van der Waals surface area contributed by atoms with Gasteiger partial charge in [-0.2, -0.15) is 10.2 Å². The molecule has 11 heteroatoms. The van der Waals surface area contributed by atoms with Crippen LogP contribution in [0.5, 0.6) is 0 Å². The van der Waals surface area contributed by atoms with Crippen molar-refractivity contribution in [3.05, 3.63) is 71.3 Å². The third kappa shape index (κ3) is 5.20. The predicted octanol–water partition coefficient (Wildman–Crippen LogP) is 3.10. The van der Waals surface area contributed by atoms with Gasteiger partial charge in [0, 0.05) is 43.1 Å². The predicted molar refractivity (Wildman–Crippen MR) is 141 cm³/mol. The van der Waals surface area contributed by atoms with Crippen LogP contribution in [-0.4, -0.2) is 71.1 Å². The summed E-state index contributed by atoms with van der Waals surface area (Å²) in [6.07, 6.45) is 5.25. The first-order chi connectivity index (χ1) is 16.7. The number of hydrogen-bond acceptors (Lipinski definition) is 6. The minimum Gasteiger partial charge on any atom is -0.322 e. The van der Waals surface area contributed by atoms with E-state index in [1.165, 1.54) is 3.97 Å². The average Bonchev–Trinajstić information content (AvgIpc) is 3.54. The van der Waals surface area contributed by atoms with Crippen LogP contribution in [0.1, 0.15) is 29.4 Å². The maximum absolute atomic E-state index is 12.8. The van der Waals surface area contributed by atoms with Crippen LogP contribution in [0.2, 0.25) is 0 Å². The molecule has 4 rings (SSSR count). The van der Waals surface area contributed by atoms with Gasteiger partial charge in [0.2, 0.25) is 10.0 Å². The van der Waals surface area contributed by atoms with E-state index in [1.54, 1.807) is 31.1 Å². The van der Waals surface area contributed by atoms with E-state index in [4.69, 9.17) is 0 Å².